The van der Waals surface area contributed by atoms with Gasteiger partial charge in [0.2, 0.25) is 0 Å². The summed E-state index contributed by atoms with van der Waals surface area (Å²) in [6.45, 7) is 1.90. The third-order valence-corrected chi connectivity index (χ3v) is 4.10. The Kier molecular flexibility index (Phi) is 5.36. The highest BCUT2D eigenvalue weighted by Gasteiger charge is 2.14. The number of benzene rings is 1. The molecule has 106 valence electrons. The summed E-state index contributed by atoms with van der Waals surface area (Å²) in [5.41, 5.74) is 1.01. The molecule has 21 heavy (non-hydrogen) atoms. The van der Waals surface area contributed by atoms with Gasteiger partial charge in [-0.05, 0) is 25.5 Å². The van der Waals surface area contributed by atoms with E-state index in [1.807, 2.05) is 41.8 Å². The lowest BCUT2D eigenvalue weighted by atomic mass is 10.1. The van der Waals surface area contributed by atoms with Crippen LogP contribution in [0.1, 0.15) is 18.7 Å². The fraction of sp³-hybridized carbons (Fsp3) is 0.333. The average Bonchev–Trinajstić information content (AvgIpc) is 2.89. The predicted octanol–water partition coefficient (Wildman–Crippen LogP) is 3.11. The maximum absolute atomic E-state index is 9.11. The van der Waals surface area contributed by atoms with Gasteiger partial charge in [-0.1, -0.05) is 30.0 Å². The van der Waals surface area contributed by atoms with Crippen molar-refractivity contribution in [1.29, 1.82) is 10.5 Å². The number of hydrogen-bond acceptors (Lipinski definition) is 5. The first-order valence-corrected chi connectivity index (χ1v) is 7.61. The van der Waals surface area contributed by atoms with E-state index in [0.29, 0.717) is 18.6 Å². The molecule has 0 amide bonds. The van der Waals surface area contributed by atoms with Crippen molar-refractivity contribution in [2.24, 2.45) is 5.92 Å². The second kappa shape index (κ2) is 7.47. The van der Waals surface area contributed by atoms with Gasteiger partial charge in [-0.2, -0.15) is 10.5 Å². The molecule has 1 aromatic carbocycles. The van der Waals surface area contributed by atoms with Crippen LogP contribution in [0, 0.1) is 35.5 Å². The summed E-state index contributed by atoms with van der Waals surface area (Å²) in [7, 11) is 0. The van der Waals surface area contributed by atoms with E-state index in [9.17, 15) is 0 Å². The van der Waals surface area contributed by atoms with Crippen LogP contribution < -0.4 is 0 Å². The minimum atomic E-state index is -0.143. The van der Waals surface area contributed by atoms with Gasteiger partial charge < -0.3 is 0 Å². The van der Waals surface area contributed by atoms with Crippen molar-refractivity contribution in [3.8, 4) is 17.8 Å². The summed E-state index contributed by atoms with van der Waals surface area (Å²) in [6, 6.07) is 14.2. The number of thioether (sulfide) groups is 1. The molecule has 0 saturated heterocycles. The van der Waals surface area contributed by atoms with Gasteiger partial charge in [-0.25, -0.2) is 0 Å². The first kappa shape index (κ1) is 15.1. The van der Waals surface area contributed by atoms with Gasteiger partial charge in [0.1, 0.15) is 5.82 Å². The van der Waals surface area contributed by atoms with Crippen LogP contribution in [0.3, 0.4) is 0 Å². The van der Waals surface area contributed by atoms with Crippen LogP contribution in [0.4, 0.5) is 0 Å². The quantitative estimate of drug-likeness (QED) is 0.765. The number of hydrogen-bond donors (Lipinski definition) is 0. The molecule has 1 atom stereocenters. The van der Waals surface area contributed by atoms with Crippen LogP contribution >= 0.6 is 11.8 Å². The second-order valence-corrected chi connectivity index (χ2v) is 5.52. The number of aromatic nitrogens is 3. The van der Waals surface area contributed by atoms with Crippen molar-refractivity contribution in [1.82, 2.24) is 14.8 Å². The molecule has 0 aliphatic heterocycles. The lowest BCUT2D eigenvalue weighted by Crippen LogP contribution is -2.03. The van der Waals surface area contributed by atoms with Crippen LogP contribution in [0.25, 0.3) is 5.69 Å². The molecule has 6 heteroatoms. The molecule has 2 rings (SSSR count). The third kappa shape index (κ3) is 3.84. The van der Waals surface area contributed by atoms with E-state index in [0.717, 1.165) is 16.7 Å². The van der Waals surface area contributed by atoms with Gasteiger partial charge in [0.05, 0.1) is 18.1 Å². The molecule has 5 nitrogen and oxygen atoms in total. The molecular formula is C15H15N5S. The molecular weight excluding hydrogens is 282 g/mol. The highest BCUT2D eigenvalue weighted by atomic mass is 32.2. The Bertz CT molecular complexity index is 666. The first-order valence-electron chi connectivity index (χ1n) is 6.63. The van der Waals surface area contributed by atoms with Crippen molar-refractivity contribution in [2.75, 3.05) is 5.75 Å². The summed E-state index contributed by atoms with van der Waals surface area (Å²) in [5.74, 6) is 1.29. The maximum atomic E-state index is 9.11. The number of rotatable bonds is 6. The molecule has 0 spiro atoms. The van der Waals surface area contributed by atoms with E-state index in [1.54, 1.807) is 0 Å². The van der Waals surface area contributed by atoms with Gasteiger partial charge in [0.25, 0.3) is 0 Å². The smallest absolute Gasteiger partial charge is 0.195 e. The molecule has 0 unspecified atom stereocenters. The SMILES string of the molecule is Cc1nnc(SC[C@@H](C#N)CCC#N)n1-c1ccccc1. The monoisotopic (exact) mass is 297 g/mol. The van der Waals surface area contributed by atoms with Gasteiger partial charge >= 0.3 is 0 Å². The fourth-order valence-corrected chi connectivity index (χ4v) is 2.97. The summed E-state index contributed by atoms with van der Waals surface area (Å²) >= 11 is 1.50. The van der Waals surface area contributed by atoms with Crippen molar-refractivity contribution in [3.63, 3.8) is 0 Å². The zero-order valence-electron chi connectivity index (χ0n) is 11.7. The number of nitrogens with zero attached hydrogens (tertiary/aromatic N) is 5. The van der Waals surface area contributed by atoms with Gasteiger partial charge in [-0.3, -0.25) is 4.57 Å². The highest BCUT2D eigenvalue weighted by molar-refractivity contribution is 7.99. The van der Waals surface area contributed by atoms with E-state index in [4.69, 9.17) is 10.5 Å². The van der Waals surface area contributed by atoms with Crippen molar-refractivity contribution < 1.29 is 0 Å². The summed E-state index contributed by atoms with van der Waals surface area (Å²) in [5, 5.41) is 26.8. The molecule has 0 bridgehead atoms. The van der Waals surface area contributed by atoms with E-state index >= 15 is 0 Å². The Morgan fingerprint density at radius 1 is 1.24 bits per heavy atom. The molecule has 0 N–H and O–H groups in total. The molecule has 0 aliphatic carbocycles. The van der Waals surface area contributed by atoms with E-state index in [2.05, 4.69) is 22.3 Å². The van der Waals surface area contributed by atoms with Crippen LogP contribution in [-0.4, -0.2) is 20.5 Å². The number of para-hydroxylation sites is 1. The van der Waals surface area contributed by atoms with Crippen LogP contribution in [0.15, 0.2) is 35.5 Å². The Balaban J connectivity index is 2.12. The lowest BCUT2D eigenvalue weighted by Gasteiger charge is -2.09. The van der Waals surface area contributed by atoms with Crippen LogP contribution in [-0.2, 0) is 0 Å². The Morgan fingerprint density at radius 2 is 2.00 bits per heavy atom. The highest BCUT2D eigenvalue weighted by Crippen LogP contribution is 2.24. The molecule has 1 heterocycles. The predicted molar refractivity (Wildman–Crippen MR) is 80.8 cm³/mol. The zero-order valence-corrected chi connectivity index (χ0v) is 12.5. The van der Waals surface area contributed by atoms with Gasteiger partial charge in [-0.15, -0.1) is 10.2 Å². The topological polar surface area (TPSA) is 78.3 Å². The largest absolute Gasteiger partial charge is 0.274 e. The molecule has 0 aliphatic rings. The second-order valence-electron chi connectivity index (χ2n) is 4.53. The van der Waals surface area contributed by atoms with Crippen molar-refractivity contribution in [2.45, 2.75) is 24.9 Å². The molecule has 2 aromatic rings. The van der Waals surface area contributed by atoms with Crippen LogP contribution in [0.5, 0.6) is 0 Å². The molecule has 0 saturated carbocycles. The van der Waals surface area contributed by atoms with E-state index in [-0.39, 0.29) is 5.92 Å². The molecule has 0 fully saturated rings. The van der Waals surface area contributed by atoms with Crippen molar-refractivity contribution in [3.05, 3.63) is 36.2 Å². The van der Waals surface area contributed by atoms with E-state index in [1.165, 1.54) is 11.8 Å². The molecule has 0 radical (unpaired) electrons. The van der Waals surface area contributed by atoms with Crippen LogP contribution in [0.2, 0.25) is 0 Å². The summed E-state index contributed by atoms with van der Waals surface area (Å²) in [6.07, 6.45) is 1.00. The van der Waals surface area contributed by atoms with Crippen molar-refractivity contribution >= 4 is 11.8 Å². The number of nitriles is 2. The number of aryl methyl sites for hydroxylation is 1. The summed E-state index contributed by atoms with van der Waals surface area (Å²) in [4.78, 5) is 0. The fourth-order valence-electron chi connectivity index (χ4n) is 1.91. The zero-order chi connectivity index (χ0) is 15.1. The lowest BCUT2D eigenvalue weighted by molar-refractivity contribution is 0.683. The normalized spacial score (nSPS) is 11.6. The van der Waals surface area contributed by atoms with E-state index < -0.39 is 0 Å². The standard InChI is InChI=1S/C15H15N5S/c1-12-18-19-15(20(12)14-7-3-2-4-8-14)21-11-13(10-17)6-5-9-16/h2-4,7-8,13H,5-6,11H2,1H3/t13-/m1/s1. The first-order chi connectivity index (χ1) is 10.3. The Morgan fingerprint density at radius 3 is 2.67 bits per heavy atom. The minimum Gasteiger partial charge on any atom is -0.274 e. The summed E-state index contributed by atoms with van der Waals surface area (Å²) < 4.78 is 1.98. The third-order valence-electron chi connectivity index (χ3n) is 3.01. The van der Waals surface area contributed by atoms with Gasteiger partial charge in [0, 0.05) is 17.9 Å². The molecule has 1 aromatic heterocycles. The van der Waals surface area contributed by atoms with Gasteiger partial charge in [0.15, 0.2) is 5.16 Å². The average molecular weight is 297 g/mol. The Labute approximate surface area is 128 Å². The maximum Gasteiger partial charge on any atom is 0.195 e. The Hall–Kier alpha value is -2.31. The minimum absolute atomic E-state index is 0.143.